The van der Waals surface area contributed by atoms with Crippen LogP contribution in [0.3, 0.4) is 0 Å². The summed E-state index contributed by atoms with van der Waals surface area (Å²) in [6, 6.07) is 8.42. The van der Waals surface area contributed by atoms with Crippen LogP contribution in [-0.4, -0.2) is 17.0 Å². The lowest BCUT2D eigenvalue weighted by Crippen LogP contribution is -2.16. The first kappa shape index (κ1) is 13.8. The number of aromatic nitrogens is 2. The van der Waals surface area contributed by atoms with Crippen molar-refractivity contribution < 1.29 is 0 Å². The predicted octanol–water partition coefficient (Wildman–Crippen LogP) is 3.36. The third-order valence-electron chi connectivity index (χ3n) is 3.47. The quantitative estimate of drug-likeness (QED) is 0.573. The van der Waals surface area contributed by atoms with E-state index >= 15 is 0 Å². The highest BCUT2D eigenvalue weighted by molar-refractivity contribution is 7.16. The molecule has 0 bridgehead atoms. The Kier molecular flexibility index (Phi) is 3.48. The Bertz CT molecular complexity index is 796. The first-order valence-electron chi connectivity index (χ1n) is 6.63. The molecule has 3 rings (SSSR count). The first-order valence-corrected chi connectivity index (χ1v) is 7.51. The van der Waals surface area contributed by atoms with Crippen molar-refractivity contribution >= 4 is 39.0 Å². The molecule has 0 aliphatic rings. The van der Waals surface area contributed by atoms with Crippen LogP contribution in [0.4, 0.5) is 17.5 Å². The van der Waals surface area contributed by atoms with Crippen LogP contribution in [0.15, 0.2) is 29.6 Å². The standard InChI is InChI=1S/C15H17N5S/c1-9-4-5-12(10(2)8-9)20(3)13-11-6-7-21-14(11)18-15(17-13)19-16/h4-8H,16H2,1-3H3,(H,17,18,19). The summed E-state index contributed by atoms with van der Waals surface area (Å²) in [7, 11) is 2.01. The average Bonchev–Trinajstić information content (AvgIpc) is 2.93. The summed E-state index contributed by atoms with van der Waals surface area (Å²) in [5, 5.41) is 3.04. The second-order valence-corrected chi connectivity index (χ2v) is 5.90. The molecule has 2 aromatic heterocycles. The highest BCUT2D eigenvalue weighted by Crippen LogP contribution is 2.33. The fourth-order valence-corrected chi connectivity index (χ4v) is 3.21. The van der Waals surface area contributed by atoms with E-state index in [2.05, 4.69) is 52.3 Å². The number of anilines is 3. The van der Waals surface area contributed by atoms with Gasteiger partial charge >= 0.3 is 0 Å². The number of hydrogen-bond acceptors (Lipinski definition) is 6. The largest absolute Gasteiger partial charge is 0.329 e. The van der Waals surface area contributed by atoms with E-state index in [9.17, 15) is 0 Å². The van der Waals surface area contributed by atoms with Gasteiger partial charge in [-0.15, -0.1) is 11.3 Å². The minimum absolute atomic E-state index is 0.427. The van der Waals surface area contributed by atoms with E-state index in [1.807, 2.05) is 18.5 Å². The van der Waals surface area contributed by atoms with E-state index in [0.29, 0.717) is 5.95 Å². The van der Waals surface area contributed by atoms with Gasteiger partial charge in [0.05, 0.1) is 5.39 Å². The molecule has 0 amide bonds. The maximum atomic E-state index is 5.48. The third-order valence-corrected chi connectivity index (χ3v) is 4.27. The van der Waals surface area contributed by atoms with E-state index in [1.54, 1.807) is 11.3 Å². The number of rotatable bonds is 3. The average molecular weight is 299 g/mol. The number of aryl methyl sites for hydroxylation is 2. The van der Waals surface area contributed by atoms with Crippen molar-refractivity contribution in [3.8, 4) is 0 Å². The summed E-state index contributed by atoms with van der Waals surface area (Å²) in [5.41, 5.74) is 6.11. The third kappa shape index (κ3) is 2.43. The van der Waals surface area contributed by atoms with E-state index in [4.69, 9.17) is 5.84 Å². The van der Waals surface area contributed by atoms with Crippen molar-refractivity contribution in [3.63, 3.8) is 0 Å². The molecule has 1 aromatic carbocycles. The topological polar surface area (TPSA) is 67.1 Å². The van der Waals surface area contributed by atoms with Crippen molar-refractivity contribution in [2.24, 2.45) is 5.84 Å². The number of nitrogens with zero attached hydrogens (tertiary/aromatic N) is 3. The summed E-state index contributed by atoms with van der Waals surface area (Å²) in [4.78, 5) is 11.9. The van der Waals surface area contributed by atoms with Gasteiger partial charge in [-0.1, -0.05) is 17.7 Å². The van der Waals surface area contributed by atoms with Gasteiger partial charge in [-0.3, -0.25) is 5.43 Å². The van der Waals surface area contributed by atoms with Crippen molar-refractivity contribution in [2.45, 2.75) is 13.8 Å². The van der Waals surface area contributed by atoms with Gasteiger partial charge in [0.15, 0.2) is 0 Å². The lowest BCUT2D eigenvalue weighted by atomic mass is 10.1. The van der Waals surface area contributed by atoms with Gasteiger partial charge in [-0.25, -0.2) is 10.8 Å². The SMILES string of the molecule is Cc1ccc(N(C)c2nc(NN)nc3sccc23)c(C)c1. The van der Waals surface area contributed by atoms with Gasteiger partial charge in [0.1, 0.15) is 10.6 Å². The minimum Gasteiger partial charge on any atom is -0.329 e. The Labute approximate surface area is 127 Å². The molecule has 6 heteroatoms. The van der Waals surface area contributed by atoms with Gasteiger partial charge in [0.25, 0.3) is 0 Å². The zero-order chi connectivity index (χ0) is 15.0. The van der Waals surface area contributed by atoms with Crippen molar-refractivity contribution in [1.29, 1.82) is 0 Å². The van der Waals surface area contributed by atoms with Crippen molar-refractivity contribution in [1.82, 2.24) is 9.97 Å². The molecule has 21 heavy (non-hydrogen) atoms. The molecule has 0 aliphatic heterocycles. The Morgan fingerprint density at radius 3 is 2.71 bits per heavy atom. The summed E-state index contributed by atoms with van der Waals surface area (Å²) >= 11 is 1.58. The molecule has 2 heterocycles. The van der Waals surface area contributed by atoms with Crippen LogP contribution in [-0.2, 0) is 0 Å². The molecule has 3 N–H and O–H groups in total. The van der Waals surface area contributed by atoms with Crippen LogP contribution in [0.1, 0.15) is 11.1 Å². The monoisotopic (exact) mass is 299 g/mol. The Morgan fingerprint density at radius 2 is 2.00 bits per heavy atom. The van der Waals surface area contributed by atoms with Crippen LogP contribution < -0.4 is 16.2 Å². The van der Waals surface area contributed by atoms with Crippen LogP contribution in [0.2, 0.25) is 0 Å². The van der Waals surface area contributed by atoms with Crippen LogP contribution in [0.5, 0.6) is 0 Å². The van der Waals surface area contributed by atoms with Gasteiger partial charge < -0.3 is 4.90 Å². The number of nitrogens with one attached hydrogen (secondary N) is 1. The van der Waals surface area contributed by atoms with Crippen LogP contribution in [0.25, 0.3) is 10.2 Å². The maximum absolute atomic E-state index is 5.48. The minimum atomic E-state index is 0.427. The molecule has 108 valence electrons. The molecule has 0 saturated heterocycles. The summed E-state index contributed by atoms with van der Waals surface area (Å²) < 4.78 is 0. The highest BCUT2D eigenvalue weighted by atomic mass is 32.1. The molecule has 0 spiro atoms. The summed E-state index contributed by atoms with van der Waals surface area (Å²) in [6.07, 6.45) is 0. The molecule has 0 aliphatic carbocycles. The second kappa shape index (κ2) is 5.31. The van der Waals surface area contributed by atoms with Gasteiger partial charge in [-0.05, 0) is 36.9 Å². The Hall–Kier alpha value is -2.18. The molecular weight excluding hydrogens is 282 g/mol. The maximum Gasteiger partial charge on any atom is 0.240 e. The van der Waals surface area contributed by atoms with E-state index in [0.717, 1.165) is 21.7 Å². The summed E-state index contributed by atoms with van der Waals surface area (Å²) in [6.45, 7) is 4.20. The molecule has 0 fully saturated rings. The lowest BCUT2D eigenvalue weighted by Gasteiger charge is -2.22. The summed E-state index contributed by atoms with van der Waals surface area (Å²) in [5.74, 6) is 6.75. The molecule has 3 aromatic rings. The van der Waals surface area contributed by atoms with Gasteiger partial charge in [-0.2, -0.15) is 4.98 Å². The Morgan fingerprint density at radius 1 is 1.19 bits per heavy atom. The fourth-order valence-electron chi connectivity index (χ4n) is 2.46. The van der Waals surface area contributed by atoms with E-state index in [1.165, 1.54) is 11.1 Å². The van der Waals surface area contributed by atoms with Crippen LogP contribution in [0, 0.1) is 13.8 Å². The highest BCUT2D eigenvalue weighted by Gasteiger charge is 2.15. The van der Waals surface area contributed by atoms with Gasteiger partial charge in [0.2, 0.25) is 5.95 Å². The molecule has 0 atom stereocenters. The predicted molar refractivity (Wildman–Crippen MR) is 89.2 cm³/mol. The zero-order valence-corrected chi connectivity index (χ0v) is 13.0. The van der Waals surface area contributed by atoms with E-state index in [-0.39, 0.29) is 0 Å². The van der Waals surface area contributed by atoms with Gasteiger partial charge in [0, 0.05) is 12.7 Å². The lowest BCUT2D eigenvalue weighted by molar-refractivity contribution is 1.09. The van der Waals surface area contributed by atoms with E-state index < -0.39 is 0 Å². The molecule has 0 unspecified atom stereocenters. The number of hydrogen-bond donors (Lipinski definition) is 2. The number of fused-ring (bicyclic) bond motifs is 1. The zero-order valence-electron chi connectivity index (χ0n) is 12.2. The number of benzene rings is 1. The molecule has 5 nitrogen and oxygen atoms in total. The number of nitrogen functional groups attached to an aromatic ring is 1. The molecule has 0 saturated carbocycles. The Balaban J connectivity index is 2.16. The number of thiophene rings is 1. The number of nitrogens with two attached hydrogens (primary N) is 1. The molecule has 0 radical (unpaired) electrons. The van der Waals surface area contributed by atoms with Crippen molar-refractivity contribution in [3.05, 3.63) is 40.8 Å². The van der Waals surface area contributed by atoms with Crippen molar-refractivity contribution in [2.75, 3.05) is 17.4 Å². The second-order valence-electron chi connectivity index (χ2n) is 5.00. The smallest absolute Gasteiger partial charge is 0.240 e. The number of hydrazine groups is 1. The normalized spacial score (nSPS) is 10.9. The molecular formula is C15H17N5S. The fraction of sp³-hybridized carbons (Fsp3) is 0.200. The van der Waals surface area contributed by atoms with Crippen LogP contribution >= 0.6 is 11.3 Å². The first-order chi connectivity index (χ1) is 10.1.